The SMILES string of the molecule is O=C(O)CCCCCSc1cccc(Br)c1. The van der Waals surface area contributed by atoms with E-state index >= 15 is 0 Å². The summed E-state index contributed by atoms with van der Waals surface area (Å²) < 4.78 is 1.10. The number of benzene rings is 1. The maximum Gasteiger partial charge on any atom is 0.303 e. The van der Waals surface area contributed by atoms with Crippen LogP contribution in [0.5, 0.6) is 0 Å². The minimum atomic E-state index is -0.695. The van der Waals surface area contributed by atoms with Crippen molar-refractivity contribution >= 4 is 33.7 Å². The zero-order valence-electron chi connectivity index (χ0n) is 8.99. The Morgan fingerprint density at radius 3 is 2.81 bits per heavy atom. The van der Waals surface area contributed by atoms with E-state index < -0.39 is 5.97 Å². The molecule has 4 heteroatoms. The van der Waals surface area contributed by atoms with Gasteiger partial charge in [0.15, 0.2) is 0 Å². The molecule has 0 aromatic heterocycles. The number of carboxylic acids is 1. The fourth-order valence-electron chi connectivity index (χ4n) is 1.30. The van der Waals surface area contributed by atoms with Crippen LogP contribution in [-0.4, -0.2) is 16.8 Å². The van der Waals surface area contributed by atoms with Gasteiger partial charge in [-0.2, -0.15) is 0 Å². The lowest BCUT2D eigenvalue weighted by Crippen LogP contribution is -1.93. The van der Waals surface area contributed by atoms with Gasteiger partial charge < -0.3 is 5.11 Å². The van der Waals surface area contributed by atoms with Crippen LogP contribution in [0.3, 0.4) is 0 Å². The van der Waals surface area contributed by atoms with E-state index in [0.717, 1.165) is 29.5 Å². The lowest BCUT2D eigenvalue weighted by atomic mass is 10.2. The van der Waals surface area contributed by atoms with Gasteiger partial charge in [-0.05, 0) is 36.8 Å². The Bertz CT molecular complexity index is 342. The average Bonchev–Trinajstić information content (AvgIpc) is 2.23. The van der Waals surface area contributed by atoms with Crippen LogP contribution in [0.25, 0.3) is 0 Å². The molecule has 16 heavy (non-hydrogen) atoms. The first-order chi connectivity index (χ1) is 7.68. The summed E-state index contributed by atoms with van der Waals surface area (Å²) in [6.45, 7) is 0. The van der Waals surface area contributed by atoms with Crippen LogP contribution < -0.4 is 0 Å². The normalized spacial score (nSPS) is 10.3. The summed E-state index contributed by atoms with van der Waals surface area (Å²) >= 11 is 5.25. The molecule has 0 saturated heterocycles. The molecule has 88 valence electrons. The van der Waals surface area contributed by atoms with Crippen LogP contribution >= 0.6 is 27.7 Å². The van der Waals surface area contributed by atoms with Crippen molar-refractivity contribution in [1.82, 2.24) is 0 Å². The molecule has 0 saturated carbocycles. The molecule has 1 N–H and O–H groups in total. The summed E-state index contributed by atoms with van der Waals surface area (Å²) in [5.41, 5.74) is 0. The van der Waals surface area contributed by atoms with Gasteiger partial charge in [0.05, 0.1) is 0 Å². The zero-order valence-corrected chi connectivity index (χ0v) is 11.4. The molecule has 0 spiro atoms. The maximum atomic E-state index is 10.3. The first-order valence-corrected chi connectivity index (χ1v) is 7.06. The highest BCUT2D eigenvalue weighted by atomic mass is 79.9. The molecule has 0 aliphatic carbocycles. The van der Waals surface area contributed by atoms with Crippen LogP contribution in [0.2, 0.25) is 0 Å². The van der Waals surface area contributed by atoms with Crippen molar-refractivity contribution in [2.75, 3.05) is 5.75 Å². The second-order valence-corrected chi connectivity index (χ2v) is 5.59. The topological polar surface area (TPSA) is 37.3 Å². The van der Waals surface area contributed by atoms with Gasteiger partial charge in [-0.1, -0.05) is 28.4 Å². The summed E-state index contributed by atoms with van der Waals surface area (Å²) in [7, 11) is 0. The van der Waals surface area contributed by atoms with Crippen LogP contribution in [-0.2, 0) is 4.79 Å². The fraction of sp³-hybridized carbons (Fsp3) is 0.417. The summed E-state index contributed by atoms with van der Waals surface area (Å²) in [5.74, 6) is 0.357. The maximum absolute atomic E-state index is 10.3. The smallest absolute Gasteiger partial charge is 0.303 e. The standard InChI is InChI=1S/C12H15BrO2S/c13-10-5-4-6-11(9-10)16-8-3-1-2-7-12(14)15/h4-6,9H,1-3,7-8H2,(H,14,15). The molecule has 2 nitrogen and oxygen atoms in total. The summed E-state index contributed by atoms with van der Waals surface area (Å²) in [4.78, 5) is 11.5. The number of unbranched alkanes of at least 4 members (excludes halogenated alkanes) is 2. The first-order valence-electron chi connectivity index (χ1n) is 5.28. The van der Waals surface area contributed by atoms with E-state index in [2.05, 4.69) is 28.1 Å². The van der Waals surface area contributed by atoms with Crippen molar-refractivity contribution in [3.8, 4) is 0 Å². The van der Waals surface area contributed by atoms with Crippen molar-refractivity contribution in [2.45, 2.75) is 30.6 Å². The number of carboxylic acid groups (broad SMARTS) is 1. The molecular weight excluding hydrogens is 288 g/mol. The highest BCUT2D eigenvalue weighted by Crippen LogP contribution is 2.23. The van der Waals surface area contributed by atoms with E-state index in [1.54, 1.807) is 0 Å². The Kier molecular flexibility index (Phi) is 6.57. The number of aliphatic carboxylic acids is 1. The number of carbonyl (C=O) groups is 1. The van der Waals surface area contributed by atoms with Crippen molar-refractivity contribution in [3.63, 3.8) is 0 Å². The fourth-order valence-corrected chi connectivity index (χ4v) is 2.82. The molecule has 0 atom stereocenters. The van der Waals surface area contributed by atoms with E-state index in [-0.39, 0.29) is 0 Å². The zero-order chi connectivity index (χ0) is 11.8. The van der Waals surface area contributed by atoms with Crippen molar-refractivity contribution in [3.05, 3.63) is 28.7 Å². The summed E-state index contributed by atoms with van der Waals surface area (Å²) in [6, 6.07) is 8.22. The minimum absolute atomic E-state index is 0.293. The number of thioether (sulfide) groups is 1. The Morgan fingerprint density at radius 1 is 1.31 bits per heavy atom. The molecule has 0 amide bonds. The van der Waals surface area contributed by atoms with Crippen LogP contribution in [0.15, 0.2) is 33.6 Å². The number of halogens is 1. The quantitative estimate of drug-likeness (QED) is 0.606. The molecule has 0 unspecified atom stereocenters. The van der Waals surface area contributed by atoms with Gasteiger partial charge >= 0.3 is 5.97 Å². The Balaban J connectivity index is 2.09. The minimum Gasteiger partial charge on any atom is -0.481 e. The summed E-state index contributed by atoms with van der Waals surface area (Å²) in [6.07, 6.45) is 3.15. The van der Waals surface area contributed by atoms with Crippen LogP contribution in [0.1, 0.15) is 25.7 Å². The third-order valence-corrected chi connectivity index (χ3v) is 3.67. The van der Waals surface area contributed by atoms with Gasteiger partial charge in [0.1, 0.15) is 0 Å². The molecule has 0 aliphatic heterocycles. The van der Waals surface area contributed by atoms with Gasteiger partial charge in [0, 0.05) is 15.8 Å². The van der Waals surface area contributed by atoms with Gasteiger partial charge in [-0.25, -0.2) is 0 Å². The molecular formula is C12H15BrO2S. The first kappa shape index (κ1) is 13.6. The number of hydrogen-bond donors (Lipinski definition) is 1. The number of hydrogen-bond acceptors (Lipinski definition) is 2. The molecule has 0 fully saturated rings. The second-order valence-electron chi connectivity index (χ2n) is 3.51. The highest BCUT2D eigenvalue weighted by molar-refractivity contribution is 9.10. The van der Waals surface area contributed by atoms with E-state index in [0.29, 0.717) is 6.42 Å². The Morgan fingerprint density at radius 2 is 2.12 bits per heavy atom. The van der Waals surface area contributed by atoms with E-state index in [9.17, 15) is 4.79 Å². The number of rotatable bonds is 7. The third kappa shape index (κ3) is 6.18. The van der Waals surface area contributed by atoms with E-state index in [4.69, 9.17) is 5.11 Å². The van der Waals surface area contributed by atoms with Crippen LogP contribution in [0.4, 0.5) is 0 Å². The molecule has 0 aliphatic rings. The largest absolute Gasteiger partial charge is 0.481 e. The average molecular weight is 303 g/mol. The van der Waals surface area contributed by atoms with Crippen LogP contribution in [0, 0.1) is 0 Å². The molecule has 1 aromatic rings. The second kappa shape index (κ2) is 7.74. The van der Waals surface area contributed by atoms with Crippen molar-refractivity contribution < 1.29 is 9.90 Å². The molecule has 0 radical (unpaired) electrons. The molecule has 0 bridgehead atoms. The highest BCUT2D eigenvalue weighted by Gasteiger charge is 1.98. The van der Waals surface area contributed by atoms with Gasteiger partial charge in [0.2, 0.25) is 0 Å². The van der Waals surface area contributed by atoms with E-state index in [1.807, 2.05) is 23.9 Å². The van der Waals surface area contributed by atoms with Crippen molar-refractivity contribution in [2.24, 2.45) is 0 Å². The molecule has 0 heterocycles. The van der Waals surface area contributed by atoms with Crippen molar-refractivity contribution in [1.29, 1.82) is 0 Å². The van der Waals surface area contributed by atoms with Gasteiger partial charge in [-0.15, -0.1) is 11.8 Å². The monoisotopic (exact) mass is 302 g/mol. The molecule has 1 aromatic carbocycles. The predicted octanol–water partition coefficient (Wildman–Crippen LogP) is 4.19. The Hall–Kier alpha value is -0.480. The lowest BCUT2D eigenvalue weighted by Gasteiger charge is -2.01. The Labute approximate surface area is 109 Å². The third-order valence-electron chi connectivity index (χ3n) is 2.10. The van der Waals surface area contributed by atoms with E-state index in [1.165, 1.54) is 4.90 Å². The molecule has 1 rings (SSSR count). The van der Waals surface area contributed by atoms with Gasteiger partial charge in [-0.3, -0.25) is 4.79 Å². The summed E-state index contributed by atoms with van der Waals surface area (Å²) in [5, 5.41) is 8.47. The predicted molar refractivity (Wildman–Crippen MR) is 71.0 cm³/mol. The van der Waals surface area contributed by atoms with Gasteiger partial charge in [0.25, 0.3) is 0 Å². The lowest BCUT2D eigenvalue weighted by molar-refractivity contribution is -0.137.